The Kier molecular flexibility index (Phi) is 3.82. The van der Waals surface area contributed by atoms with E-state index in [1.807, 2.05) is 52.2 Å². The van der Waals surface area contributed by atoms with Gasteiger partial charge in [0.15, 0.2) is 5.65 Å². The van der Waals surface area contributed by atoms with Crippen molar-refractivity contribution in [2.24, 2.45) is 0 Å². The third-order valence-corrected chi connectivity index (χ3v) is 5.08. The van der Waals surface area contributed by atoms with E-state index in [1.54, 1.807) is 0 Å². The van der Waals surface area contributed by atoms with Crippen molar-refractivity contribution in [1.29, 1.82) is 0 Å². The lowest BCUT2D eigenvalue weighted by Gasteiger charge is -2.25. The highest BCUT2D eigenvalue weighted by Crippen LogP contribution is 2.28. The molecule has 0 aliphatic carbocycles. The Bertz CT molecular complexity index is 1010. The first-order valence-electron chi connectivity index (χ1n) is 8.90. The number of hydrogen-bond acceptors (Lipinski definition) is 3. The van der Waals surface area contributed by atoms with Crippen LogP contribution in [0.1, 0.15) is 37.9 Å². The van der Waals surface area contributed by atoms with Crippen molar-refractivity contribution in [3.8, 4) is 0 Å². The van der Waals surface area contributed by atoms with Gasteiger partial charge in [0.05, 0.1) is 5.52 Å². The van der Waals surface area contributed by atoms with Crippen LogP contribution in [0.15, 0.2) is 35.1 Å². The molecule has 1 atom stereocenters. The number of carbonyl (C=O) groups excluding carboxylic acids is 1. The van der Waals surface area contributed by atoms with Gasteiger partial charge in [0.25, 0.3) is 5.56 Å². The quantitative estimate of drug-likeness (QED) is 0.737. The molecule has 1 fully saturated rings. The number of rotatable bonds is 3. The van der Waals surface area contributed by atoms with Gasteiger partial charge >= 0.3 is 0 Å². The van der Waals surface area contributed by atoms with Gasteiger partial charge in [0.1, 0.15) is 6.04 Å². The molecule has 130 valence electrons. The maximum absolute atomic E-state index is 13.2. The van der Waals surface area contributed by atoms with Crippen LogP contribution in [0.3, 0.4) is 0 Å². The topological polar surface area (TPSA) is 59.6 Å². The first-order chi connectivity index (χ1) is 12.1. The number of amides is 1. The molecule has 1 aliphatic rings. The molecule has 25 heavy (non-hydrogen) atoms. The Balaban J connectivity index is 2.01. The molecule has 0 saturated carbocycles. The van der Waals surface area contributed by atoms with Gasteiger partial charge in [-0.05, 0) is 38.3 Å². The molecule has 3 aromatic rings. The summed E-state index contributed by atoms with van der Waals surface area (Å²) in [7, 11) is 0. The minimum Gasteiger partial charge on any atom is -0.341 e. The summed E-state index contributed by atoms with van der Waals surface area (Å²) >= 11 is 0. The Hall–Kier alpha value is -2.63. The molecule has 4 rings (SSSR count). The van der Waals surface area contributed by atoms with Gasteiger partial charge in [-0.25, -0.2) is 4.52 Å². The van der Waals surface area contributed by atoms with Gasteiger partial charge in [-0.3, -0.25) is 14.3 Å². The van der Waals surface area contributed by atoms with Crippen LogP contribution in [0.5, 0.6) is 0 Å². The van der Waals surface area contributed by atoms with Gasteiger partial charge in [-0.2, -0.15) is 4.98 Å². The van der Waals surface area contributed by atoms with E-state index < -0.39 is 0 Å². The molecule has 0 spiro atoms. The molecular formula is C19H22N4O2. The third-order valence-electron chi connectivity index (χ3n) is 5.08. The summed E-state index contributed by atoms with van der Waals surface area (Å²) in [5, 5.41) is 0.899. The second kappa shape index (κ2) is 6.02. The molecule has 2 aromatic heterocycles. The maximum atomic E-state index is 13.2. The third kappa shape index (κ3) is 2.44. The Morgan fingerprint density at radius 3 is 2.68 bits per heavy atom. The molecule has 1 saturated heterocycles. The number of para-hydroxylation sites is 1. The largest absolute Gasteiger partial charge is 0.341 e. The number of fused-ring (bicyclic) bond motifs is 3. The van der Waals surface area contributed by atoms with Crippen molar-refractivity contribution in [3.05, 3.63) is 46.4 Å². The fourth-order valence-electron chi connectivity index (χ4n) is 3.92. The van der Waals surface area contributed by atoms with Gasteiger partial charge in [-0.1, -0.05) is 19.1 Å². The normalized spacial score (nSPS) is 16.0. The Morgan fingerprint density at radius 1 is 1.24 bits per heavy atom. The van der Waals surface area contributed by atoms with Crippen LogP contribution < -0.4 is 5.56 Å². The van der Waals surface area contributed by atoms with E-state index in [0.29, 0.717) is 12.1 Å². The van der Waals surface area contributed by atoms with Crippen molar-refractivity contribution >= 4 is 22.5 Å². The van der Waals surface area contributed by atoms with Crippen molar-refractivity contribution in [1.82, 2.24) is 19.1 Å². The number of hydrogen-bond donors (Lipinski definition) is 0. The van der Waals surface area contributed by atoms with Crippen LogP contribution in [0.4, 0.5) is 0 Å². The summed E-state index contributed by atoms with van der Waals surface area (Å²) < 4.78 is 3.95. The summed E-state index contributed by atoms with van der Waals surface area (Å²) in [5.74, 6) is 0.153. The summed E-state index contributed by atoms with van der Waals surface area (Å²) in [6.07, 6.45) is 2.83. The lowest BCUT2D eigenvalue weighted by molar-refractivity contribution is -0.134. The summed E-state index contributed by atoms with van der Waals surface area (Å²) in [6.45, 7) is 5.58. The first kappa shape index (κ1) is 15.9. The van der Waals surface area contributed by atoms with E-state index in [9.17, 15) is 9.59 Å². The molecule has 1 aliphatic heterocycles. The van der Waals surface area contributed by atoms with E-state index in [0.717, 1.165) is 42.5 Å². The van der Waals surface area contributed by atoms with Gasteiger partial charge in [0, 0.05) is 30.2 Å². The average Bonchev–Trinajstić information content (AvgIpc) is 3.23. The minimum absolute atomic E-state index is 0.153. The highest BCUT2D eigenvalue weighted by atomic mass is 16.2. The number of aromatic nitrogens is 3. The monoisotopic (exact) mass is 338 g/mol. The van der Waals surface area contributed by atoms with E-state index in [-0.39, 0.29) is 17.5 Å². The molecule has 1 amide bonds. The predicted octanol–water partition coefficient (Wildman–Crippen LogP) is 2.53. The SMILES string of the molecule is CCC(C(=O)N1CCCC1)n1c2ccccc2c2nc(=O)cc(C)n21. The van der Waals surface area contributed by atoms with Crippen LogP contribution >= 0.6 is 0 Å². The van der Waals surface area contributed by atoms with Crippen molar-refractivity contribution < 1.29 is 4.79 Å². The molecule has 0 bridgehead atoms. The molecule has 6 nitrogen and oxygen atoms in total. The molecular weight excluding hydrogens is 316 g/mol. The average molecular weight is 338 g/mol. The smallest absolute Gasteiger partial charge is 0.273 e. The molecule has 0 N–H and O–H groups in total. The van der Waals surface area contributed by atoms with Crippen LogP contribution in [0, 0.1) is 6.92 Å². The highest BCUT2D eigenvalue weighted by Gasteiger charge is 2.29. The predicted molar refractivity (Wildman–Crippen MR) is 96.8 cm³/mol. The van der Waals surface area contributed by atoms with E-state index in [1.165, 1.54) is 6.07 Å². The van der Waals surface area contributed by atoms with Crippen LogP contribution in [-0.4, -0.2) is 38.1 Å². The van der Waals surface area contributed by atoms with Crippen LogP contribution in [-0.2, 0) is 4.79 Å². The maximum Gasteiger partial charge on any atom is 0.273 e. The zero-order valence-electron chi connectivity index (χ0n) is 14.6. The van der Waals surface area contributed by atoms with E-state index >= 15 is 0 Å². The first-order valence-corrected chi connectivity index (χ1v) is 8.90. The molecule has 3 heterocycles. The van der Waals surface area contributed by atoms with Gasteiger partial charge in [-0.15, -0.1) is 0 Å². The van der Waals surface area contributed by atoms with Gasteiger partial charge in [0.2, 0.25) is 5.91 Å². The zero-order valence-corrected chi connectivity index (χ0v) is 14.6. The molecule has 1 aromatic carbocycles. The second-order valence-corrected chi connectivity index (χ2v) is 6.69. The molecule has 0 radical (unpaired) electrons. The fourth-order valence-corrected chi connectivity index (χ4v) is 3.92. The van der Waals surface area contributed by atoms with Crippen molar-refractivity contribution in [2.75, 3.05) is 13.1 Å². The van der Waals surface area contributed by atoms with Crippen molar-refractivity contribution in [2.45, 2.75) is 39.2 Å². The summed E-state index contributed by atoms with van der Waals surface area (Å²) in [4.78, 5) is 31.3. The minimum atomic E-state index is -0.302. The lowest BCUT2D eigenvalue weighted by atomic mass is 10.2. The molecule has 6 heteroatoms. The summed E-state index contributed by atoms with van der Waals surface area (Å²) in [5.41, 5.74) is 2.09. The number of likely N-dealkylation sites (tertiary alicyclic amines) is 1. The molecule has 1 unspecified atom stereocenters. The number of benzene rings is 1. The van der Waals surface area contributed by atoms with E-state index in [2.05, 4.69) is 4.98 Å². The summed E-state index contributed by atoms with van der Waals surface area (Å²) in [6, 6.07) is 9.07. The standard InChI is InChI=1S/C19H22N4O2/c1-3-15(19(25)21-10-6-7-11-21)23-16-9-5-4-8-14(16)18-20-17(24)12-13(2)22(18)23/h4-5,8-9,12,15H,3,6-7,10-11H2,1-2H3. The number of aryl methyl sites for hydroxylation is 1. The van der Waals surface area contributed by atoms with Crippen LogP contribution in [0.25, 0.3) is 16.6 Å². The zero-order chi connectivity index (χ0) is 17.6. The second-order valence-electron chi connectivity index (χ2n) is 6.69. The Morgan fingerprint density at radius 2 is 1.96 bits per heavy atom. The van der Waals surface area contributed by atoms with Crippen LogP contribution in [0.2, 0.25) is 0 Å². The van der Waals surface area contributed by atoms with Gasteiger partial charge < -0.3 is 4.90 Å². The van der Waals surface area contributed by atoms with Crippen molar-refractivity contribution in [3.63, 3.8) is 0 Å². The highest BCUT2D eigenvalue weighted by molar-refractivity contribution is 5.94. The fraction of sp³-hybridized carbons (Fsp3) is 0.421. The number of nitrogens with zero attached hydrogens (tertiary/aromatic N) is 4. The number of carbonyl (C=O) groups is 1. The van der Waals surface area contributed by atoms with E-state index in [4.69, 9.17) is 0 Å². The lowest BCUT2D eigenvalue weighted by Crippen LogP contribution is -2.36. The Labute approximate surface area is 145 Å².